The molecule has 0 aromatic heterocycles. The van der Waals surface area contributed by atoms with Crippen LogP contribution in [0.15, 0.2) is 0 Å². The fraction of sp³-hybridized carbons (Fsp3) is 0.933. The van der Waals surface area contributed by atoms with Gasteiger partial charge in [-0.05, 0) is 12.8 Å². The molecule has 1 unspecified atom stereocenters. The van der Waals surface area contributed by atoms with Gasteiger partial charge in [-0.1, -0.05) is 58.8 Å². The van der Waals surface area contributed by atoms with Crippen LogP contribution in [0.4, 0.5) is 0 Å². The quantitative estimate of drug-likeness (QED) is 0.526. The van der Waals surface area contributed by atoms with Crippen molar-refractivity contribution in [2.45, 2.75) is 84.1 Å². The van der Waals surface area contributed by atoms with Crippen LogP contribution in [-0.4, -0.2) is 23.7 Å². The minimum atomic E-state index is -0.0439. The van der Waals surface area contributed by atoms with Gasteiger partial charge in [0.05, 0.1) is 12.6 Å². The first-order valence-electron chi connectivity index (χ1n) is 7.64. The van der Waals surface area contributed by atoms with E-state index in [1.807, 2.05) is 0 Å². The van der Waals surface area contributed by atoms with Crippen LogP contribution in [0.5, 0.6) is 0 Å². The summed E-state index contributed by atoms with van der Waals surface area (Å²) in [5.41, 5.74) is 0. The van der Waals surface area contributed by atoms with E-state index in [0.717, 1.165) is 32.1 Å². The predicted molar refractivity (Wildman–Crippen MR) is 76.5 cm³/mol. The Hall–Kier alpha value is -0.570. The number of nitrogens with one attached hydrogen (secondary N) is 1. The fourth-order valence-corrected chi connectivity index (χ4v) is 2.03. The van der Waals surface area contributed by atoms with E-state index in [0.29, 0.717) is 6.42 Å². The summed E-state index contributed by atoms with van der Waals surface area (Å²) in [4.78, 5) is 11.6. The first kappa shape index (κ1) is 17.4. The van der Waals surface area contributed by atoms with Crippen molar-refractivity contribution >= 4 is 5.91 Å². The Bertz CT molecular complexity index is 195. The molecule has 1 amide bonds. The topological polar surface area (TPSA) is 49.3 Å². The first-order chi connectivity index (χ1) is 8.74. The summed E-state index contributed by atoms with van der Waals surface area (Å²) in [7, 11) is 0. The number of hydrogen-bond donors (Lipinski definition) is 2. The summed E-state index contributed by atoms with van der Waals surface area (Å²) >= 11 is 0. The van der Waals surface area contributed by atoms with Crippen LogP contribution in [0.2, 0.25) is 0 Å². The van der Waals surface area contributed by atoms with Crippen LogP contribution in [0, 0.1) is 0 Å². The van der Waals surface area contributed by atoms with Gasteiger partial charge >= 0.3 is 0 Å². The van der Waals surface area contributed by atoms with Gasteiger partial charge in [-0.15, -0.1) is 0 Å². The van der Waals surface area contributed by atoms with E-state index in [4.69, 9.17) is 5.11 Å². The van der Waals surface area contributed by atoms with Crippen molar-refractivity contribution in [2.24, 2.45) is 0 Å². The Labute approximate surface area is 112 Å². The highest BCUT2D eigenvalue weighted by atomic mass is 16.3. The van der Waals surface area contributed by atoms with Crippen molar-refractivity contribution in [1.29, 1.82) is 0 Å². The molecule has 108 valence electrons. The van der Waals surface area contributed by atoms with Crippen LogP contribution in [0.1, 0.15) is 78.1 Å². The summed E-state index contributed by atoms with van der Waals surface area (Å²) in [6.45, 7) is 4.38. The zero-order chi connectivity index (χ0) is 13.6. The summed E-state index contributed by atoms with van der Waals surface area (Å²) in [5, 5.41) is 12.1. The molecular weight excluding hydrogens is 226 g/mol. The summed E-state index contributed by atoms with van der Waals surface area (Å²) < 4.78 is 0. The van der Waals surface area contributed by atoms with E-state index >= 15 is 0 Å². The molecule has 0 aliphatic carbocycles. The van der Waals surface area contributed by atoms with Gasteiger partial charge in [0.2, 0.25) is 5.91 Å². The van der Waals surface area contributed by atoms with Gasteiger partial charge < -0.3 is 10.4 Å². The molecule has 3 nitrogen and oxygen atoms in total. The van der Waals surface area contributed by atoms with E-state index in [9.17, 15) is 4.79 Å². The Morgan fingerprint density at radius 3 is 2.22 bits per heavy atom. The molecule has 3 heteroatoms. The molecule has 0 heterocycles. The molecule has 18 heavy (non-hydrogen) atoms. The van der Waals surface area contributed by atoms with E-state index in [2.05, 4.69) is 19.2 Å². The molecule has 0 saturated carbocycles. The number of carbonyl (C=O) groups is 1. The van der Waals surface area contributed by atoms with Gasteiger partial charge in [0.25, 0.3) is 0 Å². The number of aliphatic hydroxyl groups excluding tert-OH is 1. The highest BCUT2D eigenvalue weighted by Gasteiger charge is 2.10. The monoisotopic (exact) mass is 257 g/mol. The minimum absolute atomic E-state index is 0.0439. The normalized spacial score (nSPS) is 12.4. The molecule has 0 rings (SSSR count). The van der Waals surface area contributed by atoms with Gasteiger partial charge in [-0.2, -0.15) is 0 Å². The van der Waals surface area contributed by atoms with Gasteiger partial charge in [0.1, 0.15) is 0 Å². The number of unbranched alkanes of at least 4 members (excludes halogenated alkanes) is 6. The smallest absolute Gasteiger partial charge is 0.220 e. The predicted octanol–water partition coefficient (Wildman–Crippen LogP) is 3.40. The molecule has 0 bridgehead atoms. The number of amides is 1. The van der Waals surface area contributed by atoms with Crippen molar-refractivity contribution in [3.63, 3.8) is 0 Å². The molecule has 0 aliphatic rings. The molecule has 0 radical (unpaired) electrons. The van der Waals surface area contributed by atoms with Crippen molar-refractivity contribution in [1.82, 2.24) is 5.32 Å². The van der Waals surface area contributed by atoms with Gasteiger partial charge in [-0.3, -0.25) is 4.79 Å². The van der Waals surface area contributed by atoms with E-state index < -0.39 is 0 Å². The highest BCUT2D eigenvalue weighted by Crippen LogP contribution is 2.07. The molecule has 2 N–H and O–H groups in total. The van der Waals surface area contributed by atoms with Crippen molar-refractivity contribution in [3.05, 3.63) is 0 Å². The summed E-state index contributed by atoms with van der Waals surface area (Å²) in [6.07, 6.45) is 10.9. The van der Waals surface area contributed by atoms with E-state index in [-0.39, 0.29) is 18.6 Å². The van der Waals surface area contributed by atoms with Crippen LogP contribution < -0.4 is 5.32 Å². The maximum absolute atomic E-state index is 11.6. The third-order valence-electron chi connectivity index (χ3n) is 3.25. The van der Waals surface area contributed by atoms with Crippen LogP contribution in [-0.2, 0) is 4.79 Å². The fourth-order valence-electron chi connectivity index (χ4n) is 2.03. The van der Waals surface area contributed by atoms with Gasteiger partial charge in [-0.25, -0.2) is 0 Å². The average Bonchev–Trinajstić information content (AvgIpc) is 2.38. The van der Waals surface area contributed by atoms with Gasteiger partial charge in [0, 0.05) is 6.42 Å². The maximum Gasteiger partial charge on any atom is 0.220 e. The molecule has 0 aliphatic heterocycles. The zero-order valence-corrected chi connectivity index (χ0v) is 12.2. The Balaban J connectivity index is 3.50. The van der Waals surface area contributed by atoms with E-state index in [1.165, 1.54) is 25.7 Å². The lowest BCUT2D eigenvalue weighted by molar-refractivity contribution is -0.122. The molecular formula is C15H31NO2. The molecule has 0 aromatic carbocycles. The highest BCUT2D eigenvalue weighted by molar-refractivity contribution is 5.76. The van der Waals surface area contributed by atoms with Crippen LogP contribution in [0.25, 0.3) is 0 Å². The number of carbonyl (C=O) groups excluding carboxylic acids is 1. The lowest BCUT2D eigenvalue weighted by Gasteiger charge is -2.15. The lowest BCUT2D eigenvalue weighted by Crippen LogP contribution is -2.37. The van der Waals surface area contributed by atoms with Crippen LogP contribution >= 0.6 is 0 Å². The second-order valence-corrected chi connectivity index (χ2v) is 5.11. The number of rotatable bonds is 12. The largest absolute Gasteiger partial charge is 0.394 e. The van der Waals surface area contributed by atoms with Crippen molar-refractivity contribution in [3.8, 4) is 0 Å². The second kappa shape index (κ2) is 12.9. The molecule has 1 atom stereocenters. The zero-order valence-electron chi connectivity index (χ0n) is 12.2. The number of hydrogen-bond acceptors (Lipinski definition) is 2. The molecule has 0 aromatic rings. The standard InChI is InChI=1S/C15H31NO2/c1-3-5-7-8-9-10-12-15(18)16-14(13-17)11-6-4-2/h14,17H,3-13H2,1-2H3,(H,16,18). The average molecular weight is 257 g/mol. The summed E-state index contributed by atoms with van der Waals surface area (Å²) in [6, 6.07) is -0.0439. The second-order valence-electron chi connectivity index (χ2n) is 5.11. The third-order valence-corrected chi connectivity index (χ3v) is 3.25. The van der Waals surface area contributed by atoms with Gasteiger partial charge in [0.15, 0.2) is 0 Å². The lowest BCUT2D eigenvalue weighted by atomic mass is 10.1. The first-order valence-corrected chi connectivity index (χ1v) is 7.64. The van der Waals surface area contributed by atoms with E-state index in [1.54, 1.807) is 0 Å². The number of aliphatic hydroxyl groups is 1. The van der Waals surface area contributed by atoms with Crippen molar-refractivity contribution < 1.29 is 9.90 Å². The molecule has 0 saturated heterocycles. The summed E-state index contributed by atoms with van der Waals surface area (Å²) in [5.74, 6) is 0.0978. The van der Waals surface area contributed by atoms with Crippen LogP contribution in [0.3, 0.4) is 0 Å². The minimum Gasteiger partial charge on any atom is -0.394 e. The SMILES string of the molecule is CCCCCCCCC(=O)NC(CO)CCCC. The molecule has 0 fully saturated rings. The Morgan fingerprint density at radius 2 is 1.61 bits per heavy atom. The maximum atomic E-state index is 11.6. The Morgan fingerprint density at radius 1 is 1.00 bits per heavy atom. The Kier molecular flexibility index (Phi) is 12.5. The van der Waals surface area contributed by atoms with Crippen molar-refractivity contribution in [2.75, 3.05) is 6.61 Å². The third kappa shape index (κ3) is 10.6. The molecule has 0 spiro atoms.